The van der Waals surface area contributed by atoms with Crippen molar-refractivity contribution in [1.29, 1.82) is 0 Å². The van der Waals surface area contributed by atoms with E-state index in [4.69, 9.17) is 5.73 Å². The first-order chi connectivity index (χ1) is 10.8. The fourth-order valence-electron chi connectivity index (χ4n) is 2.24. The van der Waals surface area contributed by atoms with Gasteiger partial charge in [-0.1, -0.05) is 18.2 Å². The van der Waals surface area contributed by atoms with Gasteiger partial charge < -0.3 is 5.73 Å². The van der Waals surface area contributed by atoms with Crippen LogP contribution in [0, 0.1) is 0 Å². The van der Waals surface area contributed by atoms with Gasteiger partial charge in [0.15, 0.2) is 5.82 Å². The molecule has 4 rings (SSSR count). The second kappa shape index (κ2) is 4.88. The van der Waals surface area contributed by atoms with Crippen molar-refractivity contribution in [2.45, 2.75) is 0 Å². The summed E-state index contributed by atoms with van der Waals surface area (Å²) in [5.74, 6) is 1.31. The van der Waals surface area contributed by atoms with Crippen LogP contribution in [0.15, 0.2) is 55.0 Å². The van der Waals surface area contributed by atoms with Crippen molar-refractivity contribution in [1.82, 2.24) is 29.7 Å². The van der Waals surface area contributed by atoms with E-state index in [2.05, 4.69) is 25.0 Å². The molecular weight excluding hydrogens is 278 g/mol. The van der Waals surface area contributed by atoms with E-state index in [1.54, 1.807) is 6.20 Å². The third-order valence-corrected chi connectivity index (χ3v) is 3.25. The number of fused-ring (bicyclic) bond motifs is 1. The minimum absolute atomic E-state index is 0.254. The highest BCUT2D eigenvalue weighted by atomic mass is 15.4. The van der Waals surface area contributed by atoms with Gasteiger partial charge in [-0.3, -0.25) is 4.98 Å². The highest BCUT2D eigenvalue weighted by Gasteiger charge is 2.14. The second-order valence-electron chi connectivity index (χ2n) is 4.63. The predicted molar refractivity (Wildman–Crippen MR) is 82.1 cm³/mol. The number of aromatic nitrogens is 6. The van der Waals surface area contributed by atoms with Crippen LogP contribution in [0.25, 0.3) is 28.2 Å². The van der Waals surface area contributed by atoms with Crippen LogP contribution in [-0.2, 0) is 0 Å². The van der Waals surface area contributed by atoms with Crippen LogP contribution in [0.2, 0.25) is 0 Å². The Morgan fingerprint density at radius 1 is 0.909 bits per heavy atom. The first kappa shape index (κ1) is 12.4. The summed E-state index contributed by atoms with van der Waals surface area (Å²) in [4.78, 5) is 17.0. The Hall–Kier alpha value is -3.35. The number of nitrogen functional groups attached to an aromatic ring is 1. The summed E-state index contributed by atoms with van der Waals surface area (Å²) in [6.45, 7) is 0. The summed E-state index contributed by atoms with van der Waals surface area (Å²) in [5.41, 5.74) is 7.48. The first-order valence-corrected chi connectivity index (χ1v) is 6.67. The third kappa shape index (κ3) is 1.96. The fraction of sp³-hybridized carbons (Fsp3) is 0. The molecule has 106 valence electrons. The van der Waals surface area contributed by atoms with Gasteiger partial charge in [-0.2, -0.15) is 9.67 Å². The van der Waals surface area contributed by atoms with E-state index in [-0.39, 0.29) is 5.95 Å². The number of hydrogen-bond acceptors (Lipinski definition) is 6. The van der Waals surface area contributed by atoms with Gasteiger partial charge in [0.05, 0.1) is 5.52 Å². The molecule has 0 amide bonds. The monoisotopic (exact) mass is 289 g/mol. The number of anilines is 1. The molecule has 0 spiro atoms. The van der Waals surface area contributed by atoms with Crippen molar-refractivity contribution >= 4 is 16.9 Å². The highest BCUT2D eigenvalue weighted by Crippen LogP contribution is 2.21. The number of para-hydroxylation sites is 1. The van der Waals surface area contributed by atoms with Gasteiger partial charge in [-0.15, -0.1) is 5.10 Å². The van der Waals surface area contributed by atoms with E-state index in [9.17, 15) is 0 Å². The average Bonchev–Trinajstić information content (AvgIpc) is 2.97. The van der Waals surface area contributed by atoms with Crippen molar-refractivity contribution < 1.29 is 0 Å². The Morgan fingerprint density at radius 3 is 2.64 bits per heavy atom. The molecule has 0 fully saturated rings. The average molecular weight is 289 g/mol. The maximum atomic E-state index is 6.00. The number of benzene rings is 1. The smallest absolute Gasteiger partial charge is 0.225 e. The molecule has 0 unspecified atom stereocenters. The Bertz CT molecular complexity index is 941. The molecule has 0 radical (unpaired) electrons. The first-order valence-electron chi connectivity index (χ1n) is 6.67. The van der Waals surface area contributed by atoms with Crippen molar-refractivity contribution in [3.8, 4) is 17.3 Å². The molecule has 0 aliphatic rings. The Labute approximate surface area is 125 Å². The largest absolute Gasteiger partial charge is 0.368 e. The van der Waals surface area contributed by atoms with E-state index in [0.29, 0.717) is 17.3 Å². The molecular formula is C15H11N7. The number of pyridine rings is 1. The van der Waals surface area contributed by atoms with E-state index < -0.39 is 0 Å². The molecule has 0 atom stereocenters. The van der Waals surface area contributed by atoms with E-state index in [1.165, 1.54) is 11.0 Å². The van der Waals surface area contributed by atoms with E-state index in [1.807, 2.05) is 42.5 Å². The molecule has 2 N–H and O–H groups in total. The van der Waals surface area contributed by atoms with Gasteiger partial charge in [0.2, 0.25) is 11.8 Å². The maximum absolute atomic E-state index is 6.00. The highest BCUT2D eigenvalue weighted by molar-refractivity contribution is 5.85. The topological polar surface area (TPSA) is 95.4 Å². The zero-order valence-corrected chi connectivity index (χ0v) is 11.5. The van der Waals surface area contributed by atoms with Crippen LogP contribution in [0.5, 0.6) is 0 Å². The minimum Gasteiger partial charge on any atom is -0.368 e. The SMILES string of the molecule is Nc1nc(-c2ccccn2)nn1-c1ncnc2ccccc12. The molecule has 0 aliphatic heterocycles. The Kier molecular flexibility index (Phi) is 2.75. The molecule has 7 nitrogen and oxygen atoms in total. The summed E-state index contributed by atoms with van der Waals surface area (Å²) in [6, 6.07) is 13.2. The zero-order chi connectivity index (χ0) is 14.9. The minimum atomic E-state index is 0.254. The lowest BCUT2D eigenvalue weighted by atomic mass is 10.2. The molecule has 3 heterocycles. The number of nitrogens with zero attached hydrogens (tertiary/aromatic N) is 6. The maximum Gasteiger partial charge on any atom is 0.225 e. The van der Waals surface area contributed by atoms with Crippen LogP contribution < -0.4 is 5.73 Å². The zero-order valence-electron chi connectivity index (χ0n) is 11.5. The molecule has 0 bridgehead atoms. The summed E-state index contributed by atoms with van der Waals surface area (Å²) >= 11 is 0. The van der Waals surface area contributed by atoms with Gasteiger partial charge in [0.1, 0.15) is 12.0 Å². The molecule has 22 heavy (non-hydrogen) atoms. The number of hydrogen-bond donors (Lipinski definition) is 1. The number of nitrogens with two attached hydrogens (primary N) is 1. The van der Waals surface area contributed by atoms with Crippen LogP contribution in [0.4, 0.5) is 5.95 Å². The summed E-state index contributed by atoms with van der Waals surface area (Å²) < 4.78 is 1.51. The standard InChI is InChI=1S/C15H11N7/c16-15-20-13(12-7-3-4-8-17-12)21-22(15)14-10-5-1-2-6-11(10)18-9-19-14/h1-9H,(H2,16,20,21). The lowest BCUT2D eigenvalue weighted by Gasteiger charge is -2.04. The van der Waals surface area contributed by atoms with Crippen LogP contribution in [0.1, 0.15) is 0 Å². The van der Waals surface area contributed by atoms with Gasteiger partial charge >= 0.3 is 0 Å². The Morgan fingerprint density at radius 2 is 1.77 bits per heavy atom. The second-order valence-corrected chi connectivity index (χ2v) is 4.63. The van der Waals surface area contributed by atoms with E-state index >= 15 is 0 Å². The van der Waals surface area contributed by atoms with Crippen molar-refractivity contribution in [2.75, 3.05) is 5.73 Å². The Balaban J connectivity index is 1.91. The van der Waals surface area contributed by atoms with Crippen LogP contribution >= 0.6 is 0 Å². The lowest BCUT2D eigenvalue weighted by Crippen LogP contribution is -2.05. The van der Waals surface area contributed by atoms with Gasteiger partial charge in [-0.25, -0.2) is 9.97 Å². The molecule has 0 saturated carbocycles. The van der Waals surface area contributed by atoms with Gasteiger partial charge in [0, 0.05) is 11.6 Å². The van der Waals surface area contributed by atoms with Crippen molar-refractivity contribution in [3.05, 3.63) is 55.0 Å². The molecule has 3 aromatic heterocycles. The quantitative estimate of drug-likeness (QED) is 0.605. The van der Waals surface area contributed by atoms with Gasteiger partial charge in [0.25, 0.3) is 0 Å². The molecule has 0 aliphatic carbocycles. The summed E-state index contributed by atoms with van der Waals surface area (Å²) in [6.07, 6.45) is 3.17. The molecule has 1 aromatic carbocycles. The van der Waals surface area contributed by atoms with Crippen molar-refractivity contribution in [3.63, 3.8) is 0 Å². The summed E-state index contributed by atoms with van der Waals surface area (Å²) in [5, 5.41) is 5.28. The predicted octanol–water partition coefficient (Wildman–Crippen LogP) is 1.85. The van der Waals surface area contributed by atoms with Gasteiger partial charge in [-0.05, 0) is 24.3 Å². The third-order valence-electron chi connectivity index (χ3n) is 3.25. The fourth-order valence-corrected chi connectivity index (χ4v) is 2.24. The van der Waals surface area contributed by atoms with Crippen molar-refractivity contribution in [2.24, 2.45) is 0 Å². The molecule has 4 aromatic rings. The van der Waals surface area contributed by atoms with Crippen LogP contribution in [0.3, 0.4) is 0 Å². The van der Waals surface area contributed by atoms with E-state index in [0.717, 1.165) is 10.9 Å². The molecule has 7 heteroatoms. The molecule has 0 saturated heterocycles. The normalized spacial score (nSPS) is 10.9. The van der Waals surface area contributed by atoms with Crippen LogP contribution in [-0.4, -0.2) is 29.7 Å². The summed E-state index contributed by atoms with van der Waals surface area (Å²) in [7, 11) is 0. The number of rotatable bonds is 2. The lowest BCUT2D eigenvalue weighted by molar-refractivity contribution is 0.862.